The van der Waals surface area contributed by atoms with Crippen molar-refractivity contribution in [3.63, 3.8) is 0 Å². The number of nitrogens with one attached hydrogen (secondary N) is 1. The Labute approximate surface area is 207 Å². The van der Waals surface area contributed by atoms with Crippen LogP contribution in [0.1, 0.15) is 28.4 Å². The van der Waals surface area contributed by atoms with Gasteiger partial charge >= 0.3 is 0 Å². The maximum Gasteiger partial charge on any atom is 0.228 e. The van der Waals surface area contributed by atoms with Gasteiger partial charge in [-0.1, -0.05) is 78.9 Å². The molecule has 0 aliphatic rings. The second kappa shape index (κ2) is 12.6. The van der Waals surface area contributed by atoms with Gasteiger partial charge in [-0.25, -0.2) is 0 Å². The maximum atomic E-state index is 12.3. The van der Waals surface area contributed by atoms with Crippen LogP contribution in [0.2, 0.25) is 0 Å². The minimum Gasteiger partial charge on any atom is -0.387 e. The number of amides is 1. The van der Waals surface area contributed by atoms with Gasteiger partial charge in [-0.3, -0.25) is 14.7 Å². The Morgan fingerprint density at radius 3 is 2.20 bits per heavy atom. The van der Waals surface area contributed by atoms with Crippen LogP contribution in [-0.4, -0.2) is 34.0 Å². The fourth-order valence-corrected chi connectivity index (χ4v) is 4.04. The highest BCUT2D eigenvalue weighted by Gasteiger charge is 2.14. The first kappa shape index (κ1) is 24.3. The third kappa shape index (κ3) is 7.88. The number of pyridine rings is 1. The van der Waals surface area contributed by atoms with Crippen molar-refractivity contribution in [2.75, 3.05) is 18.4 Å². The van der Waals surface area contributed by atoms with E-state index in [0.29, 0.717) is 13.0 Å². The van der Waals surface area contributed by atoms with Crippen molar-refractivity contribution in [1.82, 2.24) is 9.88 Å². The minimum absolute atomic E-state index is 0.0605. The molecule has 5 heteroatoms. The summed E-state index contributed by atoms with van der Waals surface area (Å²) in [6.45, 7) is 2.14. The quantitative estimate of drug-likeness (QED) is 0.326. The van der Waals surface area contributed by atoms with Gasteiger partial charge in [-0.05, 0) is 46.9 Å². The van der Waals surface area contributed by atoms with Crippen molar-refractivity contribution in [2.24, 2.45) is 0 Å². The number of aliphatic hydroxyl groups excluding tert-OH is 1. The fourth-order valence-electron chi connectivity index (χ4n) is 4.04. The van der Waals surface area contributed by atoms with E-state index >= 15 is 0 Å². The molecule has 0 aliphatic carbocycles. The molecule has 0 radical (unpaired) electrons. The van der Waals surface area contributed by atoms with Gasteiger partial charge in [0.05, 0.1) is 12.5 Å². The van der Waals surface area contributed by atoms with Gasteiger partial charge in [0.25, 0.3) is 0 Å². The van der Waals surface area contributed by atoms with Crippen LogP contribution in [0.15, 0.2) is 109 Å². The molecule has 0 saturated carbocycles. The SMILES string of the molecule is O=C(Cc1cccnc1)Nc1ccc(CCN(Cc2ccccc2)C[C@H](O)c2ccccc2)cc1. The van der Waals surface area contributed by atoms with E-state index in [0.717, 1.165) is 36.3 Å². The molecule has 0 bridgehead atoms. The summed E-state index contributed by atoms with van der Waals surface area (Å²) in [5, 5.41) is 13.8. The molecule has 1 aromatic heterocycles. The molecule has 4 aromatic rings. The Morgan fingerprint density at radius 1 is 0.829 bits per heavy atom. The standard InChI is InChI=1S/C30H31N3O2/c34-29(27-11-5-2-6-12-27)23-33(22-25-8-3-1-4-9-25)19-17-24-13-15-28(16-14-24)32-30(35)20-26-10-7-18-31-21-26/h1-16,18,21,29,34H,17,19-20,22-23H2,(H,32,35)/t29-/m0/s1. The average molecular weight is 466 g/mol. The topological polar surface area (TPSA) is 65.5 Å². The smallest absolute Gasteiger partial charge is 0.228 e. The van der Waals surface area contributed by atoms with Crippen molar-refractivity contribution >= 4 is 11.6 Å². The van der Waals surface area contributed by atoms with Gasteiger partial charge in [0.15, 0.2) is 0 Å². The van der Waals surface area contributed by atoms with Crippen LogP contribution in [-0.2, 0) is 24.2 Å². The summed E-state index contributed by atoms with van der Waals surface area (Å²) < 4.78 is 0. The van der Waals surface area contributed by atoms with Crippen molar-refractivity contribution in [2.45, 2.75) is 25.5 Å². The molecule has 0 saturated heterocycles. The summed E-state index contributed by atoms with van der Waals surface area (Å²) in [5.74, 6) is -0.0605. The van der Waals surface area contributed by atoms with Crippen molar-refractivity contribution in [3.8, 4) is 0 Å². The van der Waals surface area contributed by atoms with Gasteiger partial charge in [0.2, 0.25) is 5.91 Å². The highest BCUT2D eigenvalue weighted by Crippen LogP contribution is 2.17. The second-order valence-electron chi connectivity index (χ2n) is 8.68. The lowest BCUT2D eigenvalue weighted by molar-refractivity contribution is -0.115. The van der Waals surface area contributed by atoms with Gasteiger partial charge in [0.1, 0.15) is 0 Å². The number of hydrogen-bond donors (Lipinski definition) is 2. The molecule has 0 spiro atoms. The Balaban J connectivity index is 1.34. The number of anilines is 1. The predicted octanol–water partition coefficient (Wildman–Crippen LogP) is 5.04. The van der Waals surface area contributed by atoms with Crippen LogP contribution >= 0.6 is 0 Å². The summed E-state index contributed by atoms with van der Waals surface area (Å²) in [5.41, 5.74) is 5.00. The number of carbonyl (C=O) groups is 1. The molecule has 4 rings (SSSR count). The number of benzene rings is 3. The molecule has 2 N–H and O–H groups in total. The van der Waals surface area contributed by atoms with E-state index in [1.54, 1.807) is 12.4 Å². The largest absolute Gasteiger partial charge is 0.387 e. The first-order valence-electron chi connectivity index (χ1n) is 11.9. The first-order chi connectivity index (χ1) is 17.2. The number of carbonyl (C=O) groups excluding carboxylic acids is 1. The maximum absolute atomic E-state index is 12.3. The molecule has 0 fully saturated rings. The molecule has 35 heavy (non-hydrogen) atoms. The van der Waals surface area contributed by atoms with Crippen LogP contribution in [0.25, 0.3) is 0 Å². The van der Waals surface area contributed by atoms with E-state index in [-0.39, 0.29) is 5.91 Å². The second-order valence-corrected chi connectivity index (χ2v) is 8.68. The lowest BCUT2D eigenvalue weighted by Gasteiger charge is -2.25. The summed E-state index contributed by atoms with van der Waals surface area (Å²) >= 11 is 0. The van der Waals surface area contributed by atoms with Gasteiger partial charge in [0, 0.05) is 37.7 Å². The lowest BCUT2D eigenvalue weighted by Crippen LogP contribution is -2.30. The summed E-state index contributed by atoms with van der Waals surface area (Å²) in [6, 6.07) is 31.8. The molecule has 0 unspecified atom stereocenters. The molecule has 0 aliphatic heterocycles. The Kier molecular flexibility index (Phi) is 8.76. The zero-order valence-corrected chi connectivity index (χ0v) is 19.8. The predicted molar refractivity (Wildman–Crippen MR) is 140 cm³/mol. The van der Waals surface area contributed by atoms with E-state index in [2.05, 4.69) is 27.3 Å². The fraction of sp³-hybridized carbons (Fsp3) is 0.200. The summed E-state index contributed by atoms with van der Waals surface area (Å²) in [6.07, 6.45) is 4.01. The van der Waals surface area contributed by atoms with Crippen molar-refractivity contribution in [3.05, 3.63) is 132 Å². The third-order valence-electron chi connectivity index (χ3n) is 5.91. The minimum atomic E-state index is -0.544. The van der Waals surface area contributed by atoms with E-state index < -0.39 is 6.10 Å². The zero-order valence-electron chi connectivity index (χ0n) is 19.8. The molecule has 178 valence electrons. The zero-order chi connectivity index (χ0) is 24.3. The highest BCUT2D eigenvalue weighted by atomic mass is 16.3. The Morgan fingerprint density at radius 2 is 1.51 bits per heavy atom. The van der Waals surface area contributed by atoms with Crippen LogP contribution in [0, 0.1) is 0 Å². The highest BCUT2D eigenvalue weighted by molar-refractivity contribution is 5.92. The van der Waals surface area contributed by atoms with Crippen LogP contribution in [0.3, 0.4) is 0 Å². The van der Waals surface area contributed by atoms with Crippen LogP contribution in [0.4, 0.5) is 5.69 Å². The lowest BCUT2D eigenvalue weighted by atomic mass is 10.1. The molecular formula is C30H31N3O2. The first-order valence-corrected chi connectivity index (χ1v) is 11.9. The van der Waals surface area contributed by atoms with Gasteiger partial charge < -0.3 is 10.4 Å². The van der Waals surface area contributed by atoms with Crippen molar-refractivity contribution < 1.29 is 9.90 Å². The number of hydrogen-bond acceptors (Lipinski definition) is 4. The van der Waals surface area contributed by atoms with E-state index in [1.807, 2.05) is 84.9 Å². The molecule has 5 nitrogen and oxygen atoms in total. The van der Waals surface area contributed by atoms with Crippen LogP contribution < -0.4 is 5.32 Å². The van der Waals surface area contributed by atoms with E-state index in [9.17, 15) is 9.90 Å². The number of aliphatic hydroxyl groups is 1. The molecular weight excluding hydrogens is 434 g/mol. The number of aromatic nitrogens is 1. The average Bonchev–Trinajstić information content (AvgIpc) is 2.90. The molecule has 1 atom stereocenters. The Hall–Kier alpha value is -3.80. The summed E-state index contributed by atoms with van der Waals surface area (Å²) in [4.78, 5) is 18.6. The van der Waals surface area contributed by atoms with Crippen molar-refractivity contribution in [1.29, 1.82) is 0 Å². The van der Waals surface area contributed by atoms with Crippen LogP contribution in [0.5, 0.6) is 0 Å². The third-order valence-corrected chi connectivity index (χ3v) is 5.91. The summed E-state index contributed by atoms with van der Waals surface area (Å²) in [7, 11) is 0. The molecule has 3 aromatic carbocycles. The number of rotatable bonds is 11. The molecule has 1 heterocycles. The molecule has 1 amide bonds. The van der Waals surface area contributed by atoms with E-state index in [4.69, 9.17) is 0 Å². The van der Waals surface area contributed by atoms with Gasteiger partial charge in [-0.2, -0.15) is 0 Å². The normalized spacial score (nSPS) is 11.8. The van der Waals surface area contributed by atoms with E-state index in [1.165, 1.54) is 11.1 Å². The monoisotopic (exact) mass is 465 g/mol. The number of nitrogens with zero attached hydrogens (tertiary/aromatic N) is 2. The van der Waals surface area contributed by atoms with Gasteiger partial charge in [-0.15, -0.1) is 0 Å². The Bertz CT molecular complexity index is 1170.